The van der Waals surface area contributed by atoms with E-state index in [4.69, 9.17) is 4.74 Å². The summed E-state index contributed by atoms with van der Waals surface area (Å²) in [7, 11) is 0. The van der Waals surface area contributed by atoms with E-state index in [9.17, 15) is 19.8 Å². The monoisotopic (exact) mass is 794 g/mol. The molecule has 0 heterocycles. The van der Waals surface area contributed by atoms with Crippen LogP contribution < -0.4 is 5.32 Å². The van der Waals surface area contributed by atoms with E-state index in [1.54, 1.807) is 0 Å². The topological polar surface area (TPSA) is 95.9 Å². The van der Waals surface area contributed by atoms with Gasteiger partial charge < -0.3 is 20.3 Å². The van der Waals surface area contributed by atoms with Crippen molar-refractivity contribution in [3.8, 4) is 0 Å². The summed E-state index contributed by atoms with van der Waals surface area (Å²) >= 11 is 0. The van der Waals surface area contributed by atoms with Crippen molar-refractivity contribution in [2.75, 3.05) is 6.61 Å². The van der Waals surface area contributed by atoms with E-state index in [0.717, 1.165) is 64.2 Å². The van der Waals surface area contributed by atoms with E-state index >= 15 is 0 Å². The van der Waals surface area contributed by atoms with Gasteiger partial charge in [-0.05, 0) is 44.9 Å². The van der Waals surface area contributed by atoms with Gasteiger partial charge in [-0.1, -0.05) is 221 Å². The smallest absolute Gasteiger partial charge is 0.306 e. The predicted molar refractivity (Wildman–Crippen MR) is 245 cm³/mol. The maximum absolute atomic E-state index is 13.1. The van der Waals surface area contributed by atoms with Crippen molar-refractivity contribution in [3.05, 3.63) is 85.1 Å². The van der Waals surface area contributed by atoms with Crippen LogP contribution in [0.2, 0.25) is 0 Å². The molecule has 3 N–H and O–H groups in total. The summed E-state index contributed by atoms with van der Waals surface area (Å²) in [6, 6.07) is -0.744. The molecule has 3 unspecified atom stereocenters. The molecule has 0 saturated heterocycles. The molecule has 0 aliphatic heterocycles. The second-order valence-corrected chi connectivity index (χ2v) is 15.6. The lowest BCUT2D eigenvalue weighted by Gasteiger charge is -2.24. The first kappa shape index (κ1) is 54.0. The quantitative estimate of drug-likeness (QED) is 0.0326. The normalized spacial score (nSPS) is 14.1. The summed E-state index contributed by atoms with van der Waals surface area (Å²) in [5.74, 6) is -0.634. The number of unbranched alkanes of at least 4 members (excludes halogenated alkanes) is 20. The van der Waals surface area contributed by atoms with Crippen LogP contribution in [0.15, 0.2) is 85.1 Å². The SMILES string of the molecule is CC/C=C/C=C/C=C\C=C/C=C/CC(CC(=O)NC(CO)C(O)CCCCCCCCCCC)OC(=O)CCCCCCC/C=C/C=C/CCCCCCCCC. The number of hydrogen-bond acceptors (Lipinski definition) is 5. The summed E-state index contributed by atoms with van der Waals surface area (Å²) in [5, 5.41) is 23.5. The number of nitrogens with one attached hydrogen (secondary N) is 1. The summed E-state index contributed by atoms with van der Waals surface area (Å²) < 4.78 is 5.81. The zero-order valence-corrected chi connectivity index (χ0v) is 36.9. The van der Waals surface area contributed by atoms with Gasteiger partial charge in [0.1, 0.15) is 6.10 Å². The predicted octanol–water partition coefficient (Wildman–Crippen LogP) is 13.6. The van der Waals surface area contributed by atoms with Crippen molar-refractivity contribution in [2.24, 2.45) is 0 Å². The third-order valence-electron chi connectivity index (χ3n) is 10.1. The zero-order chi connectivity index (χ0) is 41.7. The van der Waals surface area contributed by atoms with Crippen LogP contribution in [0, 0.1) is 0 Å². The minimum atomic E-state index is -0.822. The standard InChI is InChI=1S/C51H87NO5/c1-4-7-10-13-16-19-21-22-23-24-25-26-27-29-32-35-38-41-44-51(56)57-47(42-39-36-33-31-28-20-17-14-11-8-5-2)45-50(55)52-48(46-53)49(54)43-40-37-34-30-18-15-12-9-6-3/h8,11,14,17,20,23-26,28,31,33,36,39,47-49,53-54H,4-7,9-10,12-13,15-16,18-19,21-22,27,29-30,32,34-35,37-38,40-46H2,1-3H3,(H,52,55)/b11-8+,17-14+,24-23+,26-25+,28-20-,33-31-,39-36+. The first-order valence-electron chi connectivity index (χ1n) is 23.4. The van der Waals surface area contributed by atoms with E-state index < -0.39 is 18.2 Å². The molecule has 0 aromatic heterocycles. The summed E-state index contributed by atoms with van der Waals surface area (Å²) in [6.07, 6.45) is 56.7. The first-order valence-corrected chi connectivity index (χ1v) is 23.4. The molecule has 1 amide bonds. The lowest BCUT2D eigenvalue weighted by atomic mass is 10.0. The van der Waals surface area contributed by atoms with E-state index in [-0.39, 0.29) is 24.9 Å². The Hall–Kier alpha value is -2.96. The molecule has 0 fully saturated rings. The third-order valence-corrected chi connectivity index (χ3v) is 10.1. The van der Waals surface area contributed by atoms with Crippen LogP contribution >= 0.6 is 0 Å². The molecule has 0 aromatic carbocycles. The molecular weight excluding hydrogens is 707 g/mol. The van der Waals surface area contributed by atoms with Crippen molar-refractivity contribution in [3.63, 3.8) is 0 Å². The molecule has 0 saturated carbocycles. The van der Waals surface area contributed by atoms with E-state index in [1.165, 1.54) is 89.9 Å². The third kappa shape index (κ3) is 39.6. The number of carbonyl (C=O) groups is 2. The highest BCUT2D eigenvalue weighted by atomic mass is 16.5. The number of aliphatic hydroxyl groups excluding tert-OH is 2. The van der Waals surface area contributed by atoms with Gasteiger partial charge in [0.25, 0.3) is 0 Å². The summed E-state index contributed by atoms with van der Waals surface area (Å²) in [6.45, 7) is 6.25. The van der Waals surface area contributed by atoms with Gasteiger partial charge in [-0.2, -0.15) is 0 Å². The average molecular weight is 794 g/mol. The second kappa shape index (κ2) is 44.1. The van der Waals surface area contributed by atoms with Gasteiger partial charge in [-0.3, -0.25) is 9.59 Å². The van der Waals surface area contributed by atoms with Gasteiger partial charge in [0.05, 0.1) is 25.2 Å². The summed E-state index contributed by atoms with van der Waals surface area (Å²) in [5.41, 5.74) is 0. The molecule has 6 nitrogen and oxygen atoms in total. The number of aliphatic hydroxyl groups is 2. The molecule has 0 aliphatic rings. The van der Waals surface area contributed by atoms with Gasteiger partial charge in [0.15, 0.2) is 0 Å². The zero-order valence-electron chi connectivity index (χ0n) is 36.9. The Morgan fingerprint density at radius 1 is 0.544 bits per heavy atom. The largest absolute Gasteiger partial charge is 0.461 e. The van der Waals surface area contributed by atoms with Gasteiger partial charge in [0, 0.05) is 12.8 Å². The van der Waals surface area contributed by atoms with Crippen LogP contribution in [-0.2, 0) is 14.3 Å². The number of ether oxygens (including phenoxy) is 1. The Balaban J connectivity index is 4.70. The van der Waals surface area contributed by atoms with Crippen LogP contribution in [0.4, 0.5) is 0 Å². The lowest BCUT2D eigenvalue weighted by Crippen LogP contribution is -2.46. The number of allylic oxidation sites excluding steroid dienone is 13. The van der Waals surface area contributed by atoms with E-state index in [0.29, 0.717) is 19.3 Å². The van der Waals surface area contributed by atoms with Crippen molar-refractivity contribution < 1.29 is 24.5 Å². The molecule has 57 heavy (non-hydrogen) atoms. The average Bonchev–Trinajstić information content (AvgIpc) is 3.20. The Kier molecular flexibility index (Phi) is 41.9. The molecule has 0 bridgehead atoms. The van der Waals surface area contributed by atoms with Crippen LogP contribution in [0.1, 0.15) is 201 Å². The fourth-order valence-corrected chi connectivity index (χ4v) is 6.56. The number of hydrogen-bond donors (Lipinski definition) is 3. The highest BCUT2D eigenvalue weighted by Gasteiger charge is 2.23. The van der Waals surface area contributed by atoms with Gasteiger partial charge in [-0.15, -0.1) is 0 Å². The molecular formula is C51H87NO5. The highest BCUT2D eigenvalue weighted by Crippen LogP contribution is 2.15. The second-order valence-electron chi connectivity index (χ2n) is 15.6. The maximum Gasteiger partial charge on any atom is 0.306 e. The molecule has 0 spiro atoms. The Labute approximate surface area is 351 Å². The van der Waals surface area contributed by atoms with Crippen molar-refractivity contribution in [1.82, 2.24) is 5.32 Å². The molecule has 326 valence electrons. The van der Waals surface area contributed by atoms with Gasteiger partial charge >= 0.3 is 5.97 Å². The molecule has 3 atom stereocenters. The number of rotatable bonds is 40. The van der Waals surface area contributed by atoms with Crippen LogP contribution in [-0.4, -0.2) is 46.9 Å². The highest BCUT2D eigenvalue weighted by molar-refractivity contribution is 5.77. The minimum absolute atomic E-state index is 0.0289. The Morgan fingerprint density at radius 2 is 0.982 bits per heavy atom. The Morgan fingerprint density at radius 3 is 1.49 bits per heavy atom. The number of esters is 1. The fraction of sp³-hybridized carbons (Fsp3) is 0.686. The van der Waals surface area contributed by atoms with Gasteiger partial charge in [-0.25, -0.2) is 0 Å². The van der Waals surface area contributed by atoms with Crippen LogP contribution in [0.5, 0.6) is 0 Å². The summed E-state index contributed by atoms with van der Waals surface area (Å²) in [4.78, 5) is 25.9. The minimum Gasteiger partial charge on any atom is -0.461 e. The first-order chi connectivity index (χ1) is 28.0. The van der Waals surface area contributed by atoms with Crippen molar-refractivity contribution in [2.45, 2.75) is 219 Å². The lowest BCUT2D eigenvalue weighted by molar-refractivity contribution is -0.150. The van der Waals surface area contributed by atoms with Crippen molar-refractivity contribution >= 4 is 11.9 Å². The maximum atomic E-state index is 13.1. The van der Waals surface area contributed by atoms with Crippen LogP contribution in [0.3, 0.4) is 0 Å². The molecule has 0 aliphatic carbocycles. The number of amides is 1. The molecule has 0 aromatic rings. The fourth-order valence-electron chi connectivity index (χ4n) is 6.56. The molecule has 6 heteroatoms. The molecule has 0 rings (SSSR count). The van der Waals surface area contributed by atoms with Crippen LogP contribution in [0.25, 0.3) is 0 Å². The van der Waals surface area contributed by atoms with Gasteiger partial charge in [0.2, 0.25) is 5.91 Å². The van der Waals surface area contributed by atoms with E-state index in [2.05, 4.69) is 56.5 Å². The van der Waals surface area contributed by atoms with E-state index in [1.807, 2.05) is 54.7 Å². The Bertz CT molecular complexity index is 1120. The van der Waals surface area contributed by atoms with Crippen molar-refractivity contribution in [1.29, 1.82) is 0 Å². The number of carbonyl (C=O) groups excluding carboxylic acids is 2. The molecule has 0 radical (unpaired) electrons.